The van der Waals surface area contributed by atoms with E-state index in [1.54, 1.807) is 6.26 Å². The SMILES string of the molecule is CCCNC(c1ccoc1Br)C1CC(C)(C)OC1(C)C. The summed E-state index contributed by atoms with van der Waals surface area (Å²) in [6, 6.07) is 2.30. The van der Waals surface area contributed by atoms with Gasteiger partial charge in [-0.15, -0.1) is 0 Å². The van der Waals surface area contributed by atoms with Gasteiger partial charge in [0.2, 0.25) is 0 Å². The second-order valence-electron chi connectivity index (χ2n) is 6.86. The number of ether oxygens (including phenoxy) is 1. The summed E-state index contributed by atoms with van der Waals surface area (Å²) >= 11 is 3.52. The number of nitrogens with one attached hydrogen (secondary N) is 1. The number of rotatable bonds is 5. The molecule has 1 saturated heterocycles. The van der Waals surface area contributed by atoms with Gasteiger partial charge in [0.25, 0.3) is 0 Å². The van der Waals surface area contributed by atoms with Gasteiger partial charge < -0.3 is 14.5 Å². The van der Waals surface area contributed by atoms with Crippen LogP contribution >= 0.6 is 15.9 Å². The minimum Gasteiger partial charge on any atom is -0.457 e. The van der Waals surface area contributed by atoms with Crippen molar-refractivity contribution in [3.8, 4) is 0 Å². The monoisotopic (exact) mass is 343 g/mol. The standard InChI is InChI=1S/C16H26BrNO2/c1-6-8-18-13(11-7-9-19-14(11)17)12-10-15(2,3)20-16(12,4)5/h7,9,12-13,18H,6,8,10H2,1-5H3. The van der Waals surface area contributed by atoms with Crippen LogP contribution in [0.5, 0.6) is 0 Å². The van der Waals surface area contributed by atoms with Crippen LogP contribution in [0.15, 0.2) is 21.4 Å². The van der Waals surface area contributed by atoms with E-state index in [1.165, 1.54) is 5.56 Å². The van der Waals surface area contributed by atoms with Crippen molar-refractivity contribution in [1.82, 2.24) is 5.32 Å². The molecule has 1 aromatic heterocycles. The van der Waals surface area contributed by atoms with Gasteiger partial charge in [0.15, 0.2) is 4.67 Å². The molecule has 114 valence electrons. The molecule has 20 heavy (non-hydrogen) atoms. The van der Waals surface area contributed by atoms with E-state index in [4.69, 9.17) is 9.15 Å². The Labute approximate surface area is 130 Å². The van der Waals surface area contributed by atoms with Crippen molar-refractivity contribution in [3.63, 3.8) is 0 Å². The summed E-state index contributed by atoms with van der Waals surface area (Å²) in [5.41, 5.74) is 0.972. The predicted molar refractivity (Wildman–Crippen MR) is 84.8 cm³/mol. The van der Waals surface area contributed by atoms with Gasteiger partial charge in [-0.05, 0) is 69.1 Å². The molecule has 2 heterocycles. The molecular formula is C16H26BrNO2. The van der Waals surface area contributed by atoms with Crippen molar-refractivity contribution in [2.24, 2.45) is 5.92 Å². The number of furan rings is 1. The summed E-state index contributed by atoms with van der Waals surface area (Å²) in [4.78, 5) is 0. The van der Waals surface area contributed by atoms with Crippen LogP contribution in [0.25, 0.3) is 0 Å². The van der Waals surface area contributed by atoms with Crippen molar-refractivity contribution >= 4 is 15.9 Å². The van der Waals surface area contributed by atoms with Crippen molar-refractivity contribution < 1.29 is 9.15 Å². The fraction of sp³-hybridized carbons (Fsp3) is 0.750. The van der Waals surface area contributed by atoms with Gasteiger partial charge in [0.05, 0.1) is 17.5 Å². The molecule has 2 atom stereocenters. The molecule has 4 heteroatoms. The van der Waals surface area contributed by atoms with E-state index in [0.29, 0.717) is 5.92 Å². The van der Waals surface area contributed by atoms with Gasteiger partial charge in [-0.25, -0.2) is 0 Å². The van der Waals surface area contributed by atoms with Crippen LogP contribution in [0.1, 0.15) is 59.1 Å². The Hall–Kier alpha value is -0.320. The first-order valence-corrected chi connectivity index (χ1v) is 8.22. The molecule has 1 fully saturated rings. The fourth-order valence-electron chi connectivity index (χ4n) is 3.42. The molecule has 2 unspecified atom stereocenters. The van der Waals surface area contributed by atoms with Crippen LogP contribution < -0.4 is 5.32 Å². The van der Waals surface area contributed by atoms with E-state index >= 15 is 0 Å². The quantitative estimate of drug-likeness (QED) is 0.842. The normalized spacial score (nSPS) is 25.8. The Bertz CT molecular complexity index is 453. The molecule has 1 aliphatic heterocycles. The predicted octanol–water partition coefficient (Wildman–Crippen LogP) is 4.68. The molecule has 1 N–H and O–H groups in total. The zero-order chi connectivity index (χ0) is 15.0. The Morgan fingerprint density at radius 3 is 2.55 bits per heavy atom. The van der Waals surface area contributed by atoms with Crippen LogP contribution in [0, 0.1) is 5.92 Å². The van der Waals surface area contributed by atoms with Gasteiger partial charge in [-0.3, -0.25) is 0 Å². The summed E-state index contributed by atoms with van der Waals surface area (Å²) in [5, 5.41) is 3.68. The molecule has 0 radical (unpaired) electrons. The highest BCUT2D eigenvalue weighted by Gasteiger charge is 2.49. The van der Waals surface area contributed by atoms with E-state index in [0.717, 1.165) is 24.1 Å². The molecule has 0 bridgehead atoms. The molecule has 0 saturated carbocycles. The smallest absolute Gasteiger partial charge is 0.173 e. The summed E-state index contributed by atoms with van der Waals surface area (Å²) in [7, 11) is 0. The maximum absolute atomic E-state index is 6.26. The molecule has 1 aromatic rings. The van der Waals surface area contributed by atoms with Gasteiger partial charge in [0, 0.05) is 17.5 Å². The number of hydrogen-bond donors (Lipinski definition) is 1. The molecule has 0 aliphatic carbocycles. The van der Waals surface area contributed by atoms with E-state index < -0.39 is 0 Å². The van der Waals surface area contributed by atoms with E-state index in [9.17, 15) is 0 Å². The summed E-state index contributed by atoms with van der Waals surface area (Å²) in [6.45, 7) is 11.9. The van der Waals surface area contributed by atoms with Crippen molar-refractivity contribution in [2.75, 3.05) is 6.54 Å². The second-order valence-corrected chi connectivity index (χ2v) is 7.58. The van der Waals surface area contributed by atoms with Crippen LogP contribution in [0.3, 0.4) is 0 Å². The van der Waals surface area contributed by atoms with Crippen LogP contribution in [-0.2, 0) is 4.74 Å². The third-order valence-electron chi connectivity index (χ3n) is 4.14. The molecule has 0 amide bonds. The molecule has 1 aliphatic rings. The van der Waals surface area contributed by atoms with E-state index in [1.807, 2.05) is 0 Å². The second kappa shape index (κ2) is 5.82. The molecule has 0 spiro atoms. The Morgan fingerprint density at radius 2 is 2.10 bits per heavy atom. The molecule has 3 nitrogen and oxygen atoms in total. The first-order valence-electron chi connectivity index (χ1n) is 7.43. The topological polar surface area (TPSA) is 34.4 Å². The maximum Gasteiger partial charge on any atom is 0.173 e. The number of halogens is 1. The van der Waals surface area contributed by atoms with Gasteiger partial charge in [0.1, 0.15) is 0 Å². The third kappa shape index (κ3) is 3.29. The van der Waals surface area contributed by atoms with Gasteiger partial charge >= 0.3 is 0 Å². The highest BCUT2D eigenvalue weighted by molar-refractivity contribution is 9.10. The first kappa shape index (κ1) is 16.1. The highest BCUT2D eigenvalue weighted by atomic mass is 79.9. The molecular weight excluding hydrogens is 318 g/mol. The Kier molecular flexibility index (Phi) is 4.67. The first-order chi connectivity index (χ1) is 9.27. The average Bonchev–Trinajstić information content (AvgIpc) is 2.81. The zero-order valence-electron chi connectivity index (χ0n) is 13.1. The zero-order valence-corrected chi connectivity index (χ0v) is 14.7. The lowest BCUT2D eigenvalue weighted by molar-refractivity contribution is -0.0779. The maximum atomic E-state index is 6.26. The van der Waals surface area contributed by atoms with Crippen LogP contribution in [0.2, 0.25) is 0 Å². The fourth-order valence-corrected chi connectivity index (χ4v) is 3.91. The van der Waals surface area contributed by atoms with Crippen molar-refractivity contribution in [2.45, 2.75) is 64.7 Å². The number of hydrogen-bond acceptors (Lipinski definition) is 3. The van der Waals surface area contributed by atoms with Crippen molar-refractivity contribution in [1.29, 1.82) is 0 Å². The Morgan fingerprint density at radius 1 is 1.40 bits per heavy atom. The van der Waals surface area contributed by atoms with Crippen molar-refractivity contribution in [3.05, 3.63) is 22.6 Å². The highest BCUT2D eigenvalue weighted by Crippen LogP contribution is 2.48. The molecule has 2 rings (SSSR count). The lowest BCUT2D eigenvalue weighted by atomic mass is 9.79. The summed E-state index contributed by atoms with van der Waals surface area (Å²) in [6.07, 6.45) is 3.90. The summed E-state index contributed by atoms with van der Waals surface area (Å²) in [5.74, 6) is 0.415. The van der Waals surface area contributed by atoms with Crippen LogP contribution in [0.4, 0.5) is 0 Å². The summed E-state index contributed by atoms with van der Waals surface area (Å²) < 4.78 is 12.5. The lowest BCUT2D eigenvalue weighted by Gasteiger charge is -2.33. The van der Waals surface area contributed by atoms with Gasteiger partial charge in [-0.1, -0.05) is 6.92 Å². The lowest BCUT2D eigenvalue weighted by Crippen LogP contribution is -2.38. The third-order valence-corrected chi connectivity index (χ3v) is 4.79. The Balaban J connectivity index is 2.30. The minimum absolute atomic E-state index is 0.0729. The van der Waals surface area contributed by atoms with E-state index in [2.05, 4.69) is 61.9 Å². The minimum atomic E-state index is -0.147. The van der Waals surface area contributed by atoms with E-state index in [-0.39, 0.29) is 17.2 Å². The largest absolute Gasteiger partial charge is 0.457 e. The van der Waals surface area contributed by atoms with Crippen LogP contribution in [-0.4, -0.2) is 17.7 Å². The molecule has 0 aromatic carbocycles. The van der Waals surface area contributed by atoms with Gasteiger partial charge in [-0.2, -0.15) is 0 Å². The average molecular weight is 344 g/mol.